The molecule has 0 fully saturated rings. The Balaban J connectivity index is 5.94. The molecule has 0 saturated heterocycles. The van der Waals surface area contributed by atoms with Crippen molar-refractivity contribution in [3.8, 4) is 0 Å². The first-order valence-corrected chi connectivity index (χ1v) is 8.26. The average molecular weight is 614 g/mol. The Labute approximate surface area is 194 Å². The molecule has 0 N–H and O–H groups in total. The monoisotopic (exact) mass is 614 g/mol. The van der Waals surface area contributed by atoms with E-state index in [4.69, 9.17) is 0 Å². The van der Waals surface area contributed by atoms with Gasteiger partial charge in [0.25, 0.3) is 23.4 Å². The molecule has 0 spiro atoms. The number of alkyl halides is 18. The summed E-state index contributed by atoms with van der Waals surface area (Å²) in [6, 6.07) is 0. The maximum atomic E-state index is 13.5. The van der Waals surface area contributed by atoms with E-state index in [0.717, 1.165) is 0 Å². The number of hydrogen-bond donors (Lipinski definition) is 0. The molecule has 0 aliphatic rings. The minimum Gasteiger partial charge on any atom is -0.482 e. The number of allylic oxidation sites excluding steroid dienone is 2. The summed E-state index contributed by atoms with van der Waals surface area (Å²) >= 11 is 0. The summed E-state index contributed by atoms with van der Waals surface area (Å²) in [6.45, 7) is -3.83. The second-order valence-electron chi connectivity index (χ2n) is 5.87. The summed E-state index contributed by atoms with van der Waals surface area (Å²) < 4.78 is 258. The van der Waals surface area contributed by atoms with E-state index in [1.54, 1.807) is 0 Å². The number of nitrogens with zero attached hydrogens (tertiary/aromatic N) is 2. The first-order chi connectivity index (χ1) is 16.5. The van der Waals surface area contributed by atoms with Crippen LogP contribution in [0.15, 0.2) is 35.6 Å². The van der Waals surface area contributed by atoms with Crippen LogP contribution < -0.4 is 0 Å². The van der Waals surface area contributed by atoms with Crippen LogP contribution in [0.3, 0.4) is 0 Å². The maximum Gasteiger partial charge on any atom is 0.493 e. The van der Waals surface area contributed by atoms with Gasteiger partial charge in [-0.15, -0.1) is 52.7 Å². The third kappa shape index (κ3) is 10.1. The van der Waals surface area contributed by atoms with Crippen LogP contribution in [0.2, 0.25) is 0 Å². The van der Waals surface area contributed by atoms with Crippen molar-refractivity contribution >= 4 is 0 Å². The van der Waals surface area contributed by atoms with Crippen molar-refractivity contribution in [1.82, 2.24) is 9.80 Å². The third-order valence-corrected chi connectivity index (χ3v) is 3.11. The zero-order valence-electron chi connectivity index (χ0n) is 16.8. The lowest BCUT2D eigenvalue weighted by Crippen LogP contribution is -2.47. The van der Waals surface area contributed by atoms with Gasteiger partial charge in [0, 0.05) is 0 Å². The van der Waals surface area contributed by atoms with Gasteiger partial charge in [-0.05, 0) is 12.2 Å². The molecule has 38 heavy (non-hydrogen) atoms. The summed E-state index contributed by atoms with van der Waals surface area (Å²) in [7, 11) is 0. The van der Waals surface area contributed by atoms with Crippen LogP contribution in [-0.4, -0.2) is 60.6 Å². The molecular weight excluding hydrogens is 608 g/mol. The number of hydrogen-bond acceptors (Lipinski definition) is 4. The Morgan fingerprint density at radius 3 is 0.816 bits per heavy atom. The van der Waals surface area contributed by atoms with Crippen molar-refractivity contribution in [2.75, 3.05) is 13.2 Å². The highest BCUT2D eigenvalue weighted by Crippen LogP contribution is 2.43. The number of rotatable bonds is 8. The molecule has 0 aliphatic heterocycles. The molecule has 0 aromatic carbocycles. The highest BCUT2D eigenvalue weighted by atomic mass is 19.4. The fourth-order valence-electron chi connectivity index (χ4n) is 1.85. The van der Waals surface area contributed by atoms with E-state index in [-0.39, 0.29) is 12.2 Å². The van der Waals surface area contributed by atoms with E-state index in [1.807, 2.05) is 0 Å². The van der Waals surface area contributed by atoms with Gasteiger partial charge in [0.2, 0.25) is 0 Å². The van der Waals surface area contributed by atoms with Crippen molar-refractivity contribution in [1.29, 1.82) is 0 Å². The molecular formula is C14H6F20N2O2. The van der Waals surface area contributed by atoms with E-state index < -0.39 is 84.0 Å². The van der Waals surface area contributed by atoms with E-state index in [1.165, 1.54) is 0 Å². The fraction of sp³-hybridized carbons (Fsp3) is 0.571. The summed E-state index contributed by atoms with van der Waals surface area (Å²) in [4.78, 5) is -6.52. The normalized spacial score (nSPS) is 15.8. The van der Waals surface area contributed by atoms with Crippen molar-refractivity contribution in [2.24, 2.45) is 0 Å². The maximum absolute atomic E-state index is 13.5. The Morgan fingerprint density at radius 1 is 0.447 bits per heavy atom. The molecule has 0 radical (unpaired) electrons. The molecule has 0 aliphatic carbocycles. The lowest BCUT2D eigenvalue weighted by atomic mass is 10.4. The molecule has 0 saturated carbocycles. The first-order valence-electron chi connectivity index (χ1n) is 8.26. The van der Waals surface area contributed by atoms with Gasteiger partial charge in [-0.3, -0.25) is 0 Å². The molecule has 0 aromatic heterocycles. The standard InChI is InChI=1S/C14H6F20N2O2/c15-7(35(11(23,24)25)12(26,27)28)5(9(17,18)19)37-3-1-2-4-38-6(10(20,21)22)8(16)36(13(29,30)31)14(32,33)34/h1-2H,3-4H2/b2-1+,7-5-,8-6-. The predicted molar refractivity (Wildman–Crippen MR) is 77.3 cm³/mol. The molecule has 4 nitrogen and oxygen atoms in total. The molecule has 0 heterocycles. The van der Waals surface area contributed by atoms with Gasteiger partial charge < -0.3 is 9.47 Å². The average Bonchev–Trinajstić information content (AvgIpc) is 2.56. The van der Waals surface area contributed by atoms with Gasteiger partial charge in [-0.25, -0.2) is 0 Å². The van der Waals surface area contributed by atoms with Crippen molar-refractivity contribution < 1.29 is 97.3 Å². The van der Waals surface area contributed by atoms with Crippen LogP contribution in [0.5, 0.6) is 0 Å². The van der Waals surface area contributed by atoms with Crippen LogP contribution in [0.25, 0.3) is 0 Å². The largest absolute Gasteiger partial charge is 0.493 e. The van der Waals surface area contributed by atoms with E-state index in [9.17, 15) is 87.8 Å². The summed E-state index contributed by atoms with van der Waals surface area (Å²) in [6.07, 6.45) is -40.2. The molecule has 224 valence electrons. The van der Waals surface area contributed by atoms with E-state index >= 15 is 0 Å². The molecule has 0 atom stereocenters. The van der Waals surface area contributed by atoms with E-state index in [0.29, 0.717) is 0 Å². The third-order valence-electron chi connectivity index (χ3n) is 3.11. The minimum atomic E-state index is -6.82. The highest BCUT2D eigenvalue weighted by molar-refractivity contribution is 5.10. The first kappa shape index (κ1) is 35.0. The number of halogens is 20. The summed E-state index contributed by atoms with van der Waals surface area (Å²) in [5, 5.41) is 0. The molecule has 0 unspecified atom stereocenters. The number of ether oxygens (including phenoxy) is 2. The summed E-state index contributed by atoms with van der Waals surface area (Å²) in [5.41, 5.74) is 0. The van der Waals surface area contributed by atoms with Crippen LogP contribution >= 0.6 is 0 Å². The van der Waals surface area contributed by atoms with Crippen LogP contribution in [0.1, 0.15) is 0 Å². The quantitative estimate of drug-likeness (QED) is 0.121. The Bertz CT molecular complexity index is 782. The second kappa shape index (κ2) is 11.4. The zero-order chi connectivity index (χ0) is 30.7. The molecule has 0 amide bonds. The predicted octanol–water partition coefficient (Wildman–Crippen LogP) is 7.66. The highest BCUT2D eigenvalue weighted by Gasteiger charge is 2.60. The topological polar surface area (TPSA) is 24.9 Å². The SMILES string of the molecule is F/C(=C(/OC/C=C/CO/C(=C(/F)N(C(F)(F)F)C(F)(F)F)C(F)(F)F)C(F)(F)F)N(C(F)(F)F)C(F)(F)F. The summed E-state index contributed by atoms with van der Waals surface area (Å²) in [5.74, 6) is -15.3. The lowest BCUT2D eigenvalue weighted by Gasteiger charge is -2.28. The van der Waals surface area contributed by atoms with E-state index in [2.05, 4.69) is 9.47 Å². The van der Waals surface area contributed by atoms with Gasteiger partial charge in [0.1, 0.15) is 13.2 Å². The van der Waals surface area contributed by atoms with Gasteiger partial charge in [-0.1, -0.05) is 0 Å². The fourth-order valence-corrected chi connectivity index (χ4v) is 1.85. The Hall–Kier alpha value is -2.98. The van der Waals surface area contributed by atoms with Crippen LogP contribution in [-0.2, 0) is 9.47 Å². The van der Waals surface area contributed by atoms with Crippen LogP contribution in [0.4, 0.5) is 87.8 Å². The zero-order valence-corrected chi connectivity index (χ0v) is 16.8. The lowest BCUT2D eigenvalue weighted by molar-refractivity contribution is -0.368. The van der Waals surface area contributed by atoms with Gasteiger partial charge in [0.15, 0.2) is 0 Å². The molecule has 0 rings (SSSR count). The van der Waals surface area contributed by atoms with Gasteiger partial charge in [-0.2, -0.15) is 44.9 Å². The smallest absolute Gasteiger partial charge is 0.482 e. The second-order valence-corrected chi connectivity index (χ2v) is 5.87. The van der Waals surface area contributed by atoms with Crippen molar-refractivity contribution in [3.63, 3.8) is 0 Å². The van der Waals surface area contributed by atoms with Gasteiger partial charge >= 0.3 is 37.6 Å². The minimum absolute atomic E-state index is 0.0816. The molecule has 0 bridgehead atoms. The Morgan fingerprint density at radius 2 is 0.658 bits per heavy atom. The van der Waals surface area contributed by atoms with Gasteiger partial charge in [0.05, 0.1) is 0 Å². The van der Waals surface area contributed by atoms with Crippen molar-refractivity contribution in [3.05, 3.63) is 35.6 Å². The van der Waals surface area contributed by atoms with Crippen molar-refractivity contribution in [2.45, 2.75) is 37.6 Å². The Kier molecular flexibility index (Phi) is 10.5. The molecule has 24 heteroatoms. The van der Waals surface area contributed by atoms with Crippen LogP contribution in [0, 0.1) is 0 Å². The molecule has 0 aromatic rings.